The van der Waals surface area contributed by atoms with Crippen LogP contribution in [0.4, 0.5) is 0 Å². The first-order valence-electron chi connectivity index (χ1n) is 9.24. The highest BCUT2D eigenvalue weighted by molar-refractivity contribution is 5.80. The zero-order chi connectivity index (χ0) is 18.3. The van der Waals surface area contributed by atoms with Gasteiger partial charge >= 0.3 is 5.97 Å². The smallest absolute Gasteiger partial charge is 0.320 e. The minimum absolute atomic E-state index is 0.0210. The number of carboxylic acid groups (broad SMARTS) is 1. The van der Waals surface area contributed by atoms with Gasteiger partial charge in [0.05, 0.1) is 0 Å². The van der Waals surface area contributed by atoms with Crippen LogP contribution in [0.25, 0.3) is 10.9 Å². The predicted molar refractivity (Wildman–Crippen MR) is 98.7 cm³/mol. The Morgan fingerprint density at radius 2 is 2.04 bits per heavy atom. The molecule has 2 saturated heterocycles. The van der Waals surface area contributed by atoms with E-state index < -0.39 is 12.0 Å². The summed E-state index contributed by atoms with van der Waals surface area (Å²) >= 11 is 0. The van der Waals surface area contributed by atoms with Gasteiger partial charge in [0, 0.05) is 44.8 Å². The lowest BCUT2D eigenvalue weighted by atomic mass is 9.76. The molecule has 0 unspecified atom stereocenters. The topological polar surface area (TPSA) is 76.6 Å². The summed E-state index contributed by atoms with van der Waals surface area (Å²) in [7, 11) is 0. The largest absolute Gasteiger partial charge is 0.480 e. The van der Waals surface area contributed by atoms with E-state index in [1.54, 1.807) is 6.92 Å². The fourth-order valence-electron chi connectivity index (χ4n) is 4.65. The minimum Gasteiger partial charge on any atom is -0.480 e. The van der Waals surface area contributed by atoms with Crippen LogP contribution in [0.15, 0.2) is 30.5 Å². The Balaban J connectivity index is 1.51. The van der Waals surface area contributed by atoms with Crippen molar-refractivity contribution >= 4 is 22.8 Å². The molecule has 0 aliphatic carbocycles. The number of aromatic amines is 1. The maximum atomic E-state index is 11.9. The highest BCUT2D eigenvalue weighted by Crippen LogP contribution is 2.44. The molecule has 2 aliphatic rings. The number of carbonyl (C=O) groups excluding carboxylic acids is 1. The third kappa shape index (κ3) is 3.09. The Morgan fingerprint density at radius 3 is 2.73 bits per heavy atom. The summed E-state index contributed by atoms with van der Waals surface area (Å²) < 4.78 is 0. The molecular weight excluding hydrogens is 330 g/mol. The number of piperidine rings is 1. The Morgan fingerprint density at radius 1 is 1.27 bits per heavy atom. The Hall–Kier alpha value is -2.34. The molecule has 0 saturated carbocycles. The van der Waals surface area contributed by atoms with Gasteiger partial charge in [0.2, 0.25) is 5.91 Å². The molecule has 2 N–H and O–H groups in total. The maximum Gasteiger partial charge on any atom is 0.320 e. The summed E-state index contributed by atoms with van der Waals surface area (Å²) in [5, 5.41) is 10.9. The number of aliphatic carboxylic acids is 1. The summed E-state index contributed by atoms with van der Waals surface area (Å²) in [6.07, 6.45) is 4.38. The molecule has 6 heteroatoms. The van der Waals surface area contributed by atoms with Crippen molar-refractivity contribution in [2.24, 2.45) is 5.41 Å². The molecule has 2 fully saturated rings. The number of H-pyrrole nitrogens is 1. The SMILES string of the molecule is CC(=O)N1CCC2(CC1)C[C@@H](C(=O)O)N(Cc1ccc3[nH]ccc3c1)C2. The van der Waals surface area contributed by atoms with Crippen molar-refractivity contribution < 1.29 is 14.7 Å². The molecule has 1 aromatic heterocycles. The van der Waals surface area contributed by atoms with Crippen molar-refractivity contribution in [2.75, 3.05) is 19.6 Å². The van der Waals surface area contributed by atoms with Crippen molar-refractivity contribution in [1.29, 1.82) is 0 Å². The van der Waals surface area contributed by atoms with E-state index in [9.17, 15) is 14.7 Å². The average Bonchev–Trinajstić information content (AvgIpc) is 3.20. The molecule has 26 heavy (non-hydrogen) atoms. The van der Waals surface area contributed by atoms with E-state index in [2.05, 4.69) is 28.1 Å². The number of carboxylic acids is 1. The van der Waals surface area contributed by atoms with Gasteiger partial charge in [-0.1, -0.05) is 6.07 Å². The lowest BCUT2D eigenvalue weighted by Gasteiger charge is -2.39. The van der Waals surface area contributed by atoms with E-state index in [0.29, 0.717) is 13.0 Å². The number of hydrogen-bond donors (Lipinski definition) is 2. The third-order valence-corrected chi connectivity index (χ3v) is 6.16. The quantitative estimate of drug-likeness (QED) is 0.887. The molecule has 1 aromatic carbocycles. The first-order valence-corrected chi connectivity index (χ1v) is 9.24. The predicted octanol–water partition coefficient (Wildman–Crippen LogP) is 2.46. The molecule has 3 heterocycles. The summed E-state index contributed by atoms with van der Waals surface area (Å²) in [6.45, 7) is 4.53. The van der Waals surface area contributed by atoms with Gasteiger partial charge in [-0.05, 0) is 53.8 Å². The van der Waals surface area contributed by atoms with E-state index in [1.165, 1.54) is 0 Å². The molecular formula is C20H25N3O3. The van der Waals surface area contributed by atoms with Crippen LogP contribution in [0.1, 0.15) is 31.7 Å². The van der Waals surface area contributed by atoms with Gasteiger partial charge in [-0.15, -0.1) is 0 Å². The van der Waals surface area contributed by atoms with Gasteiger partial charge in [0.1, 0.15) is 6.04 Å². The molecule has 6 nitrogen and oxygen atoms in total. The summed E-state index contributed by atoms with van der Waals surface area (Å²) in [5.41, 5.74) is 2.26. The van der Waals surface area contributed by atoms with Gasteiger partial charge in [-0.25, -0.2) is 0 Å². The van der Waals surface area contributed by atoms with E-state index in [-0.39, 0.29) is 11.3 Å². The van der Waals surface area contributed by atoms with E-state index in [4.69, 9.17) is 0 Å². The summed E-state index contributed by atoms with van der Waals surface area (Å²) in [4.78, 5) is 30.6. The van der Waals surface area contributed by atoms with Gasteiger partial charge < -0.3 is 15.0 Å². The van der Waals surface area contributed by atoms with Gasteiger partial charge in [0.25, 0.3) is 0 Å². The normalized spacial score (nSPS) is 23.0. The molecule has 1 spiro atoms. The second-order valence-corrected chi connectivity index (χ2v) is 7.87. The Kier molecular flexibility index (Phi) is 4.23. The van der Waals surface area contributed by atoms with E-state index in [0.717, 1.165) is 48.9 Å². The van der Waals surface area contributed by atoms with Crippen molar-refractivity contribution in [3.63, 3.8) is 0 Å². The summed E-state index contributed by atoms with van der Waals surface area (Å²) in [5.74, 6) is -0.622. The van der Waals surface area contributed by atoms with Crippen LogP contribution in [0.3, 0.4) is 0 Å². The lowest BCUT2D eigenvalue weighted by molar-refractivity contribution is -0.142. The molecule has 1 atom stereocenters. The molecule has 0 bridgehead atoms. The number of nitrogens with zero attached hydrogens (tertiary/aromatic N) is 2. The van der Waals surface area contributed by atoms with Crippen LogP contribution in [-0.4, -0.2) is 57.4 Å². The standard InChI is InChI=1S/C20H25N3O3/c1-14(24)22-8-5-20(6-9-22)11-18(19(25)26)23(13-20)12-15-2-3-17-16(10-15)4-7-21-17/h2-4,7,10,18,21H,5-6,8-9,11-13H2,1H3,(H,25,26)/t18-/m0/s1. The van der Waals surface area contributed by atoms with Gasteiger partial charge in [-0.3, -0.25) is 14.5 Å². The Labute approximate surface area is 152 Å². The second kappa shape index (κ2) is 6.43. The maximum absolute atomic E-state index is 11.9. The number of benzene rings is 1. The van der Waals surface area contributed by atoms with Crippen LogP contribution < -0.4 is 0 Å². The molecule has 2 aliphatic heterocycles. The number of hydrogen-bond acceptors (Lipinski definition) is 3. The fraction of sp³-hybridized carbons (Fsp3) is 0.500. The zero-order valence-electron chi connectivity index (χ0n) is 15.1. The minimum atomic E-state index is -0.737. The van der Waals surface area contributed by atoms with Crippen LogP contribution in [0.2, 0.25) is 0 Å². The van der Waals surface area contributed by atoms with Crippen molar-refractivity contribution in [2.45, 2.75) is 38.8 Å². The van der Waals surface area contributed by atoms with Crippen molar-refractivity contribution in [3.8, 4) is 0 Å². The van der Waals surface area contributed by atoms with Crippen molar-refractivity contribution in [1.82, 2.24) is 14.8 Å². The highest BCUT2D eigenvalue weighted by atomic mass is 16.4. The van der Waals surface area contributed by atoms with E-state index >= 15 is 0 Å². The van der Waals surface area contributed by atoms with Gasteiger partial charge in [0.15, 0.2) is 0 Å². The fourth-order valence-corrected chi connectivity index (χ4v) is 4.65. The average molecular weight is 355 g/mol. The molecule has 4 rings (SSSR count). The first-order chi connectivity index (χ1) is 12.5. The number of rotatable bonds is 3. The molecule has 0 radical (unpaired) electrons. The number of carbonyl (C=O) groups is 2. The van der Waals surface area contributed by atoms with Crippen LogP contribution in [0.5, 0.6) is 0 Å². The zero-order valence-corrected chi connectivity index (χ0v) is 15.1. The highest BCUT2D eigenvalue weighted by Gasteiger charge is 2.48. The number of amides is 1. The number of fused-ring (bicyclic) bond motifs is 1. The van der Waals surface area contributed by atoms with Crippen LogP contribution >= 0.6 is 0 Å². The second-order valence-electron chi connectivity index (χ2n) is 7.87. The Bertz CT molecular complexity index is 836. The number of likely N-dealkylation sites (tertiary alicyclic amines) is 2. The molecule has 1 amide bonds. The van der Waals surface area contributed by atoms with E-state index in [1.807, 2.05) is 17.2 Å². The van der Waals surface area contributed by atoms with Crippen LogP contribution in [-0.2, 0) is 16.1 Å². The molecule has 138 valence electrons. The molecule has 2 aromatic rings. The number of aromatic nitrogens is 1. The first kappa shape index (κ1) is 17.1. The van der Waals surface area contributed by atoms with Crippen LogP contribution in [0, 0.1) is 5.41 Å². The van der Waals surface area contributed by atoms with Crippen molar-refractivity contribution in [3.05, 3.63) is 36.0 Å². The third-order valence-electron chi connectivity index (χ3n) is 6.16. The number of nitrogens with one attached hydrogen (secondary N) is 1. The summed E-state index contributed by atoms with van der Waals surface area (Å²) in [6, 6.07) is 7.85. The monoisotopic (exact) mass is 355 g/mol. The lowest BCUT2D eigenvalue weighted by Crippen LogP contribution is -2.43. The van der Waals surface area contributed by atoms with Gasteiger partial charge in [-0.2, -0.15) is 0 Å².